The van der Waals surface area contributed by atoms with Gasteiger partial charge in [-0.2, -0.15) is 4.80 Å². The maximum atomic E-state index is 12.1. The number of aryl methyl sites for hydroxylation is 1. The first-order valence-corrected chi connectivity index (χ1v) is 7.81. The van der Waals surface area contributed by atoms with Gasteiger partial charge in [0.15, 0.2) is 0 Å². The molecule has 0 fully saturated rings. The molecule has 3 rings (SSSR count). The maximum absolute atomic E-state index is 12.1. The molecule has 0 saturated heterocycles. The van der Waals surface area contributed by atoms with Gasteiger partial charge < -0.3 is 5.32 Å². The molecule has 0 aliphatic heterocycles. The minimum Gasteiger partial charge on any atom is -0.323 e. The monoisotopic (exact) mass is 371 g/mol. The summed E-state index contributed by atoms with van der Waals surface area (Å²) in [7, 11) is 0. The largest absolute Gasteiger partial charge is 0.323 e. The lowest BCUT2D eigenvalue weighted by atomic mass is 10.1. The molecule has 1 amide bonds. The summed E-state index contributed by atoms with van der Waals surface area (Å²) in [6.45, 7) is 1.98. The van der Waals surface area contributed by atoms with Crippen LogP contribution in [0.15, 0.2) is 53.0 Å². The number of amides is 1. The molecule has 0 radical (unpaired) electrons. The van der Waals surface area contributed by atoms with Crippen LogP contribution in [0.25, 0.3) is 11.4 Å². The minimum atomic E-state index is -0.217. The fourth-order valence-corrected chi connectivity index (χ4v) is 2.51. The number of nitrogens with one attached hydrogen (secondary N) is 1. The number of aromatic nitrogens is 4. The number of rotatable bonds is 4. The topological polar surface area (TPSA) is 72.7 Å². The summed E-state index contributed by atoms with van der Waals surface area (Å²) >= 11 is 3.39. The summed E-state index contributed by atoms with van der Waals surface area (Å²) in [5, 5.41) is 15.0. The Kier molecular flexibility index (Phi) is 4.47. The van der Waals surface area contributed by atoms with Crippen LogP contribution in [0.1, 0.15) is 5.56 Å². The zero-order valence-corrected chi connectivity index (χ0v) is 14.0. The third kappa shape index (κ3) is 3.62. The van der Waals surface area contributed by atoms with Crippen molar-refractivity contribution in [3.05, 3.63) is 58.6 Å². The lowest BCUT2D eigenvalue weighted by Gasteiger charge is -2.06. The Bertz CT molecular complexity index is 846. The van der Waals surface area contributed by atoms with E-state index in [2.05, 4.69) is 36.7 Å². The van der Waals surface area contributed by atoms with Crippen molar-refractivity contribution in [3.8, 4) is 11.4 Å². The van der Waals surface area contributed by atoms with Gasteiger partial charge in [-0.25, -0.2) is 0 Å². The normalized spacial score (nSPS) is 10.5. The molecule has 0 unspecified atom stereocenters. The van der Waals surface area contributed by atoms with Crippen LogP contribution in [-0.4, -0.2) is 26.1 Å². The van der Waals surface area contributed by atoms with Gasteiger partial charge in [-0.3, -0.25) is 4.79 Å². The molecule has 1 heterocycles. The number of anilines is 1. The second-order valence-corrected chi connectivity index (χ2v) is 5.84. The Morgan fingerprint density at radius 2 is 1.91 bits per heavy atom. The van der Waals surface area contributed by atoms with Crippen LogP contribution in [0.3, 0.4) is 0 Å². The quantitative estimate of drug-likeness (QED) is 0.764. The Morgan fingerprint density at radius 3 is 2.70 bits per heavy atom. The number of carbonyl (C=O) groups is 1. The second-order valence-electron chi connectivity index (χ2n) is 4.99. The molecule has 3 aromatic rings. The van der Waals surface area contributed by atoms with E-state index < -0.39 is 0 Å². The molecule has 1 N–H and O–H groups in total. The highest BCUT2D eigenvalue weighted by Crippen LogP contribution is 2.21. The van der Waals surface area contributed by atoms with Crippen molar-refractivity contribution in [2.24, 2.45) is 0 Å². The van der Waals surface area contributed by atoms with Gasteiger partial charge in [0.25, 0.3) is 0 Å². The number of carbonyl (C=O) groups excluding carboxylic acids is 1. The molecule has 0 atom stereocenters. The molecular weight excluding hydrogens is 358 g/mol. The predicted molar refractivity (Wildman–Crippen MR) is 90.8 cm³/mol. The summed E-state index contributed by atoms with van der Waals surface area (Å²) in [5.74, 6) is 0.294. The van der Waals surface area contributed by atoms with Crippen molar-refractivity contribution in [1.82, 2.24) is 20.2 Å². The molecule has 7 heteroatoms. The number of para-hydroxylation sites is 1. The summed E-state index contributed by atoms with van der Waals surface area (Å²) in [5.41, 5.74) is 2.67. The van der Waals surface area contributed by atoms with E-state index in [1.165, 1.54) is 4.80 Å². The van der Waals surface area contributed by atoms with Crippen molar-refractivity contribution in [2.45, 2.75) is 13.5 Å². The fourth-order valence-electron chi connectivity index (χ4n) is 2.12. The van der Waals surface area contributed by atoms with Crippen LogP contribution < -0.4 is 5.32 Å². The summed E-state index contributed by atoms with van der Waals surface area (Å²) in [6.07, 6.45) is 0. The summed E-state index contributed by atoms with van der Waals surface area (Å²) in [4.78, 5) is 13.4. The highest BCUT2D eigenvalue weighted by molar-refractivity contribution is 9.10. The highest BCUT2D eigenvalue weighted by Gasteiger charge is 2.11. The van der Waals surface area contributed by atoms with E-state index in [0.29, 0.717) is 11.5 Å². The Hall–Kier alpha value is -2.54. The molecule has 23 heavy (non-hydrogen) atoms. The lowest BCUT2D eigenvalue weighted by molar-refractivity contribution is -0.117. The molecule has 116 valence electrons. The Morgan fingerprint density at radius 1 is 1.17 bits per heavy atom. The average molecular weight is 372 g/mol. The van der Waals surface area contributed by atoms with Gasteiger partial charge in [-0.1, -0.05) is 36.4 Å². The Labute approximate surface area is 141 Å². The molecule has 6 nitrogen and oxygen atoms in total. The average Bonchev–Trinajstić information content (AvgIpc) is 2.98. The van der Waals surface area contributed by atoms with Crippen molar-refractivity contribution >= 4 is 27.5 Å². The zero-order chi connectivity index (χ0) is 16.2. The van der Waals surface area contributed by atoms with Crippen LogP contribution >= 0.6 is 15.9 Å². The van der Waals surface area contributed by atoms with E-state index in [9.17, 15) is 4.79 Å². The second kappa shape index (κ2) is 6.70. The third-order valence-corrected chi connectivity index (χ3v) is 3.96. The predicted octanol–water partition coefficient (Wildman–Crippen LogP) is 3.05. The fraction of sp³-hybridized carbons (Fsp3) is 0.125. The minimum absolute atomic E-state index is 0.000214. The summed E-state index contributed by atoms with van der Waals surface area (Å²) < 4.78 is 0.820. The molecule has 1 aromatic heterocycles. The molecule has 0 aliphatic rings. The van der Waals surface area contributed by atoms with Crippen molar-refractivity contribution < 1.29 is 4.79 Å². The van der Waals surface area contributed by atoms with Gasteiger partial charge in [-0.05, 0) is 45.8 Å². The van der Waals surface area contributed by atoms with Crippen molar-refractivity contribution in [3.63, 3.8) is 0 Å². The number of benzene rings is 2. The van der Waals surface area contributed by atoms with Crippen LogP contribution in [-0.2, 0) is 11.3 Å². The van der Waals surface area contributed by atoms with Crippen molar-refractivity contribution in [1.29, 1.82) is 0 Å². The van der Waals surface area contributed by atoms with E-state index in [0.717, 1.165) is 15.6 Å². The van der Waals surface area contributed by atoms with Gasteiger partial charge in [0, 0.05) is 10.0 Å². The maximum Gasteiger partial charge on any atom is 0.248 e. The smallest absolute Gasteiger partial charge is 0.248 e. The molecule has 0 bridgehead atoms. The van der Waals surface area contributed by atoms with E-state index in [-0.39, 0.29) is 12.5 Å². The van der Waals surface area contributed by atoms with Gasteiger partial charge in [0.05, 0.1) is 5.69 Å². The van der Waals surface area contributed by atoms with E-state index in [1.807, 2.05) is 55.5 Å². The first kappa shape index (κ1) is 15.4. The van der Waals surface area contributed by atoms with Gasteiger partial charge in [0.1, 0.15) is 6.54 Å². The van der Waals surface area contributed by atoms with E-state index >= 15 is 0 Å². The van der Waals surface area contributed by atoms with Crippen LogP contribution in [0.4, 0.5) is 5.69 Å². The third-order valence-electron chi connectivity index (χ3n) is 3.27. The molecule has 0 spiro atoms. The lowest BCUT2D eigenvalue weighted by Crippen LogP contribution is -2.20. The standard InChI is InChI=1S/C16H14BrN5O/c1-11-6-2-3-7-12(11)16-19-21-22(20-16)10-15(23)18-14-9-5-4-8-13(14)17/h2-9H,10H2,1H3,(H,18,23). The van der Waals surface area contributed by atoms with E-state index in [4.69, 9.17) is 0 Å². The number of nitrogens with zero attached hydrogens (tertiary/aromatic N) is 4. The van der Waals surface area contributed by atoms with Crippen LogP contribution in [0.2, 0.25) is 0 Å². The number of halogens is 1. The number of hydrogen-bond acceptors (Lipinski definition) is 4. The molecular formula is C16H14BrN5O. The first-order chi connectivity index (χ1) is 11.1. The van der Waals surface area contributed by atoms with Gasteiger partial charge in [0.2, 0.25) is 11.7 Å². The first-order valence-electron chi connectivity index (χ1n) is 7.01. The zero-order valence-electron chi connectivity index (χ0n) is 12.4. The van der Waals surface area contributed by atoms with E-state index in [1.54, 1.807) is 0 Å². The van der Waals surface area contributed by atoms with Crippen LogP contribution in [0.5, 0.6) is 0 Å². The molecule has 0 aliphatic carbocycles. The van der Waals surface area contributed by atoms with Crippen LogP contribution in [0, 0.1) is 6.92 Å². The van der Waals surface area contributed by atoms with Crippen molar-refractivity contribution in [2.75, 3.05) is 5.32 Å². The number of tetrazole rings is 1. The summed E-state index contributed by atoms with van der Waals surface area (Å²) in [6, 6.07) is 15.2. The Balaban J connectivity index is 1.71. The van der Waals surface area contributed by atoms with Gasteiger partial charge in [-0.15, -0.1) is 10.2 Å². The molecule has 2 aromatic carbocycles. The molecule has 0 saturated carbocycles. The SMILES string of the molecule is Cc1ccccc1-c1nnn(CC(=O)Nc2ccccc2Br)n1. The van der Waals surface area contributed by atoms with Gasteiger partial charge >= 0.3 is 0 Å². The highest BCUT2D eigenvalue weighted by atomic mass is 79.9. The number of hydrogen-bond donors (Lipinski definition) is 1.